The smallest absolute Gasteiger partial charge is 0.320 e. The fourth-order valence-corrected chi connectivity index (χ4v) is 1.81. The van der Waals surface area contributed by atoms with Gasteiger partial charge >= 0.3 is 6.01 Å². The predicted octanol–water partition coefficient (Wildman–Crippen LogP) is 2.96. The van der Waals surface area contributed by atoms with Gasteiger partial charge in [0.25, 0.3) is 0 Å². The molecule has 0 aliphatic heterocycles. The van der Waals surface area contributed by atoms with Crippen LogP contribution < -0.4 is 15.4 Å². The van der Waals surface area contributed by atoms with Crippen LogP contribution in [0.3, 0.4) is 0 Å². The predicted molar refractivity (Wildman–Crippen MR) is 81.7 cm³/mol. The van der Waals surface area contributed by atoms with Gasteiger partial charge in [-0.3, -0.25) is 0 Å². The van der Waals surface area contributed by atoms with Crippen LogP contribution in [0.4, 0.5) is 11.7 Å². The van der Waals surface area contributed by atoms with E-state index in [1.165, 1.54) is 0 Å². The average molecular weight is 290 g/mol. The van der Waals surface area contributed by atoms with Gasteiger partial charge in [-0.05, 0) is 31.5 Å². The molecule has 0 unspecified atom stereocenters. The molecule has 2 N–H and O–H groups in total. The molecule has 0 saturated heterocycles. The topological polar surface area (TPSA) is 72.2 Å². The maximum atomic E-state index is 5.55. The summed E-state index contributed by atoms with van der Waals surface area (Å²) in [6.45, 7) is 8.34. The first-order valence-electron chi connectivity index (χ1n) is 7.21. The third-order valence-electron chi connectivity index (χ3n) is 2.72. The molecule has 114 valence electrons. The van der Waals surface area contributed by atoms with E-state index in [-0.39, 0.29) is 0 Å². The second-order valence-corrected chi connectivity index (χ2v) is 5.08. The van der Waals surface area contributed by atoms with Crippen LogP contribution in [0.5, 0.6) is 5.75 Å². The van der Waals surface area contributed by atoms with E-state index in [4.69, 9.17) is 9.15 Å². The quantitative estimate of drug-likeness (QED) is 0.778. The number of aromatic nitrogens is 2. The van der Waals surface area contributed by atoms with Gasteiger partial charge in [-0.15, -0.1) is 5.10 Å². The van der Waals surface area contributed by atoms with Gasteiger partial charge in [0, 0.05) is 0 Å². The number of anilines is 2. The van der Waals surface area contributed by atoms with Gasteiger partial charge < -0.3 is 19.8 Å². The Balaban J connectivity index is 1.96. The van der Waals surface area contributed by atoms with E-state index in [9.17, 15) is 0 Å². The number of nitrogens with one attached hydrogen (secondary N) is 2. The van der Waals surface area contributed by atoms with E-state index in [1.54, 1.807) is 0 Å². The molecule has 0 bridgehead atoms. The number of hydrogen-bond donors (Lipinski definition) is 2. The molecule has 6 heteroatoms. The lowest BCUT2D eigenvalue weighted by Crippen LogP contribution is -2.19. The van der Waals surface area contributed by atoms with E-state index in [0.717, 1.165) is 18.0 Å². The molecule has 6 nitrogen and oxygen atoms in total. The average Bonchev–Trinajstić information content (AvgIpc) is 2.88. The highest BCUT2D eigenvalue weighted by atomic mass is 16.5. The van der Waals surface area contributed by atoms with Crippen LogP contribution in [0.2, 0.25) is 0 Å². The third-order valence-corrected chi connectivity index (χ3v) is 2.72. The highest BCUT2D eigenvalue weighted by Gasteiger charge is 2.09. The largest absolute Gasteiger partial charge is 0.492 e. The molecule has 0 aliphatic rings. The van der Waals surface area contributed by atoms with Gasteiger partial charge in [0.2, 0.25) is 5.89 Å². The zero-order chi connectivity index (χ0) is 15.1. The fourth-order valence-electron chi connectivity index (χ4n) is 1.81. The van der Waals surface area contributed by atoms with Crippen molar-refractivity contribution in [1.29, 1.82) is 0 Å². The van der Waals surface area contributed by atoms with Gasteiger partial charge in [-0.1, -0.05) is 31.1 Å². The van der Waals surface area contributed by atoms with Gasteiger partial charge in [0.05, 0.1) is 18.8 Å². The van der Waals surface area contributed by atoms with Gasteiger partial charge in [-0.25, -0.2) is 0 Å². The molecule has 0 saturated carbocycles. The Labute approximate surface area is 124 Å². The van der Waals surface area contributed by atoms with Crippen LogP contribution in [0.1, 0.15) is 26.7 Å². The van der Waals surface area contributed by atoms with Crippen molar-refractivity contribution >= 4 is 11.7 Å². The molecule has 0 radical (unpaired) electrons. The molecule has 21 heavy (non-hydrogen) atoms. The van der Waals surface area contributed by atoms with Crippen LogP contribution in [-0.2, 0) is 6.54 Å². The molecule has 2 rings (SSSR count). The first kappa shape index (κ1) is 15.3. The van der Waals surface area contributed by atoms with Crippen LogP contribution in [0.25, 0.3) is 0 Å². The summed E-state index contributed by atoms with van der Waals surface area (Å²) in [4.78, 5) is 0. The van der Waals surface area contributed by atoms with Crippen molar-refractivity contribution in [3.63, 3.8) is 0 Å². The molecule has 0 spiro atoms. The molecule has 1 aromatic heterocycles. The highest BCUT2D eigenvalue weighted by molar-refractivity contribution is 5.61. The SMILES string of the molecule is CCOc1ccccc1Nc1nnc(CNCC(C)C)o1. The number of hydrogen-bond acceptors (Lipinski definition) is 6. The van der Waals surface area contributed by atoms with Crippen molar-refractivity contribution < 1.29 is 9.15 Å². The minimum Gasteiger partial charge on any atom is -0.492 e. The summed E-state index contributed by atoms with van der Waals surface area (Å²) in [5.41, 5.74) is 0.810. The Bertz CT molecular complexity index is 554. The molecule has 0 aliphatic carbocycles. The number of para-hydroxylation sites is 2. The lowest BCUT2D eigenvalue weighted by Gasteiger charge is -2.09. The summed E-state index contributed by atoms with van der Waals surface area (Å²) < 4.78 is 11.1. The maximum absolute atomic E-state index is 5.55. The Morgan fingerprint density at radius 1 is 1.24 bits per heavy atom. The summed E-state index contributed by atoms with van der Waals surface area (Å²) in [7, 11) is 0. The molecule has 1 heterocycles. The number of rotatable bonds is 8. The zero-order valence-corrected chi connectivity index (χ0v) is 12.7. The lowest BCUT2D eigenvalue weighted by atomic mass is 10.2. The van der Waals surface area contributed by atoms with E-state index < -0.39 is 0 Å². The van der Waals surface area contributed by atoms with Crippen molar-refractivity contribution in [2.24, 2.45) is 5.92 Å². The summed E-state index contributed by atoms with van der Waals surface area (Å²) >= 11 is 0. The van der Waals surface area contributed by atoms with Crippen LogP contribution in [0.15, 0.2) is 28.7 Å². The fraction of sp³-hybridized carbons (Fsp3) is 0.467. The van der Waals surface area contributed by atoms with Crippen LogP contribution in [-0.4, -0.2) is 23.3 Å². The van der Waals surface area contributed by atoms with Crippen LogP contribution in [0, 0.1) is 5.92 Å². The van der Waals surface area contributed by atoms with E-state index >= 15 is 0 Å². The van der Waals surface area contributed by atoms with Crippen molar-refractivity contribution in [3.8, 4) is 5.75 Å². The molecule has 2 aromatic rings. The van der Waals surface area contributed by atoms with Gasteiger partial charge in [-0.2, -0.15) is 0 Å². The highest BCUT2D eigenvalue weighted by Crippen LogP contribution is 2.26. The number of benzene rings is 1. The van der Waals surface area contributed by atoms with Crippen molar-refractivity contribution in [2.45, 2.75) is 27.3 Å². The molecule has 0 fully saturated rings. The summed E-state index contributed by atoms with van der Waals surface area (Å²) in [6.07, 6.45) is 0. The second-order valence-electron chi connectivity index (χ2n) is 5.08. The van der Waals surface area contributed by atoms with E-state index in [0.29, 0.717) is 31.0 Å². The van der Waals surface area contributed by atoms with E-state index in [1.807, 2.05) is 31.2 Å². The van der Waals surface area contributed by atoms with Crippen molar-refractivity contribution in [2.75, 3.05) is 18.5 Å². The normalized spacial score (nSPS) is 10.9. The zero-order valence-electron chi connectivity index (χ0n) is 12.7. The number of ether oxygens (including phenoxy) is 1. The molecular formula is C15H22N4O2. The summed E-state index contributed by atoms with van der Waals surface area (Å²) in [5, 5.41) is 14.3. The van der Waals surface area contributed by atoms with E-state index in [2.05, 4.69) is 34.7 Å². The summed E-state index contributed by atoms with van der Waals surface area (Å²) in [6, 6.07) is 8.01. The minimum atomic E-state index is 0.364. The Morgan fingerprint density at radius 3 is 2.81 bits per heavy atom. The number of nitrogens with zero attached hydrogens (tertiary/aromatic N) is 2. The molecule has 0 atom stereocenters. The maximum Gasteiger partial charge on any atom is 0.320 e. The monoisotopic (exact) mass is 290 g/mol. The molecule has 0 amide bonds. The first-order chi connectivity index (χ1) is 10.2. The first-order valence-corrected chi connectivity index (χ1v) is 7.21. The third kappa shape index (κ3) is 4.75. The van der Waals surface area contributed by atoms with Gasteiger partial charge in [0.15, 0.2) is 0 Å². The Hall–Kier alpha value is -2.08. The van der Waals surface area contributed by atoms with Gasteiger partial charge in [0.1, 0.15) is 5.75 Å². The Kier molecular flexibility index (Phi) is 5.57. The van der Waals surface area contributed by atoms with Crippen molar-refractivity contribution in [1.82, 2.24) is 15.5 Å². The standard InChI is InChI=1S/C15H22N4O2/c1-4-20-13-8-6-5-7-12(13)17-15-19-18-14(21-15)10-16-9-11(2)3/h5-8,11,16H,4,9-10H2,1-3H3,(H,17,19). The Morgan fingerprint density at radius 2 is 2.05 bits per heavy atom. The van der Waals surface area contributed by atoms with Crippen LogP contribution >= 0.6 is 0 Å². The minimum absolute atomic E-state index is 0.364. The molecular weight excluding hydrogens is 268 g/mol. The molecule has 1 aromatic carbocycles. The lowest BCUT2D eigenvalue weighted by molar-refractivity contribution is 0.341. The summed E-state index contributed by atoms with van der Waals surface area (Å²) in [5.74, 6) is 1.91. The van der Waals surface area contributed by atoms with Crippen molar-refractivity contribution in [3.05, 3.63) is 30.2 Å². The second kappa shape index (κ2) is 7.64.